The summed E-state index contributed by atoms with van der Waals surface area (Å²) >= 11 is 11.9. The Bertz CT molecular complexity index is 409. The SMILES string of the molecule is COc1cc(Cl)c(Cl)cc1C1CC(O)CCO1. The van der Waals surface area contributed by atoms with Crippen molar-refractivity contribution >= 4 is 23.2 Å². The lowest BCUT2D eigenvalue weighted by molar-refractivity contribution is -0.0455. The molecule has 17 heavy (non-hydrogen) atoms. The van der Waals surface area contributed by atoms with Gasteiger partial charge >= 0.3 is 0 Å². The molecule has 1 fully saturated rings. The number of ether oxygens (including phenoxy) is 2. The van der Waals surface area contributed by atoms with Crippen molar-refractivity contribution in [3.05, 3.63) is 27.7 Å². The lowest BCUT2D eigenvalue weighted by Gasteiger charge is -2.28. The van der Waals surface area contributed by atoms with Crippen molar-refractivity contribution in [3.8, 4) is 5.75 Å². The average Bonchev–Trinajstić information content (AvgIpc) is 2.32. The lowest BCUT2D eigenvalue weighted by Crippen LogP contribution is -2.23. The first-order valence-electron chi connectivity index (χ1n) is 5.44. The minimum absolute atomic E-state index is 0.191. The van der Waals surface area contributed by atoms with Crippen LogP contribution in [0.4, 0.5) is 0 Å². The highest BCUT2D eigenvalue weighted by Gasteiger charge is 2.25. The number of rotatable bonds is 2. The number of aliphatic hydroxyl groups is 1. The molecule has 1 aliphatic heterocycles. The molecule has 1 aromatic carbocycles. The number of benzene rings is 1. The summed E-state index contributed by atoms with van der Waals surface area (Å²) in [5.74, 6) is 0.638. The van der Waals surface area contributed by atoms with Crippen molar-refractivity contribution in [2.45, 2.75) is 25.0 Å². The summed E-state index contributed by atoms with van der Waals surface area (Å²) in [6, 6.07) is 3.41. The van der Waals surface area contributed by atoms with Crippen LogP contribution < -0.4 is 4.74 Å². The van der Waals surface area contributed by atoms with Crippen molar-refractivity contribution in [2.75, 3.05) is 13.7 Å². The zero-order valence-corrected chi connectivity index (χ0v) is 11.0. The summed E-state index contributed by atoms with van der Waals surface area (Å²) in [7, 11) is 1.57. The fourth-order valence-electron chi connectivity index (χ4n) is 1.97. The normalized spacial score (nSPS) is 24.7. The highest BCUT2D eigenvalue weighted by Crippen LogP contribution is 2.38. The van der Waals surface area contributed by atoms with E-state index in [0.29, 0.717) is 35.2 Å². The Labute approximate surface area is 110 Å². The van der Waals surface area contributed by atoms with E-state index in [2.05, 4.69) is 0 Å². The molecule has 0 bridgehead atoms. The van der Waals surface area contributed by atoms with E-state index in [4.69, 9.17) is 32.7 Å². The van der Waals surface area contributed by atoms with Gasteiger partial charge in [0, 0.05) is 24.7 Å². The minimum atomic E-state index is -0.340. The number of hydrogen-bond donors (Lipinski definition) is 1. The van der Waals surface area contributed by atoms with Crippen LogP contribution in [-0.4, -0.2) is 24.9 Å². The Kier molecular flexibility index (Phi) is 4.15. The molecule has 2 unspecified atom stereocenters. The van der Waals surface area contributed by atoms with Crippen LogP contribution in [0, 0.1) is 0 Å². The van der Waals surface area contributed by atoms with Gasteiger partial charge in [0.15, 0.2) is 0 Å². The van der Waals surface area contributed by atoms with Crippen LogP contribution in [0.5, 0.6) is 5.75 Å². The number of aliphatic hydroxyl groups excluding tert-OH is 1. The number of halogens is 2. The van der Waals surface area contributed by atoms with Crippen LogP contribution in [-0.2, 0) is 4.74 Å². The smallest absolute Gasteiger partial charge is 0.126 e. The third-order valence-corrected chi connectivity index (χ3v) is 3.60. The van der Waals surface area contributed by atoms with Gasteiger partial charge in [-0.3, -0.25) is 0 Å². The molecule has 1 aromatic rings. The Balaban J connectivity index is 2.33. The summed E-state index contributed by atoms with van der Waals surface area (Å²) in [4.78, 5) is 0. The van der Waals surface area contributed by atoms with Crippen LogP contribution in [0.2, 0.25) is 10.0 Å². The fourth-order valence-corrected chi connectivity index (χ4v) is 2.29. The van der Waals surface area contributed by atoms with Gasteiger partial charge in [0.2, 0.25) is 0 Å². The maximum absolute atomic E-state index is 9.65. The van der Waals surface area contributed by atoms with Crippen molar-refractivity contribution in [1.29, 1.82) is 0 Å². The van der Waals surface area contributed by atoms with E-state index in [-0.39, 0.29) is 12.2 Å². The lowest BCUT2D eigenvalue weighted by atomic mass is 9.98. The van der Waals surface area contributed by atoms with Gasteiger partial charge in [-0.15, -0.1) is 0 Å². The second kappa shape index (κ2) is 5.44. The van der Waals surface area contributed by atoms with Gasteiger partial charge in [0.25, 0.3) is 0 Å². The maximum Gasteiger partial charge on any atom is 0.126 e. The molecule has 0 amide bonds. The monoisotopic (exact) mass is 276 g/mol. The molecule has 0 aromatic heterocycles. The van der Waals surface area contributed by atoms with Crippen LogP contribution >= 0.6 is 23.2 Å². The van der Waals surface area contributed by atoms with Crippen LogP contribution in [0.3, 0.4) is 0 Å². The first-order valence-corrected chi connectivity index (χ1v) is 6.20. The summed E-state index contributed by atoms with van der Waals surface area (Å²) in [5, 5.41) is 10.6. The number of hydrogen-bond acceptors (Lipinski definition) is 3. The van der Waals surface area contributed by atoms with Gasteiger partial charge in [0.1, 0.15) is 5.75 Å². The van der Waals surface area contributed by atoms with E-state index in [1.807, 2.05) is 0 Å². The highest BCUT2D eigenvalue weighted by atomic mass is 35.5. The summed E-state index contributed by atoms with van der Waals surface area (Å²) in [6.45, 7) is 0.537. The molecule has 3 nitrogen and oxygen atoms in total. The van der Waals surface area contributed by atoms with Crippen molar-refractivity contribution in [3.63, 3.8) is 0 Å². The molecule has 5 heteroatoms. The van der Waals surface area contributed by atoms with Crippen LogP contribution in [0.1, 0.15) is 24.5 Å². The van der Waals surface area contributed by atoms with Gasteiger partial charge in [-0.25, -0.2) is 0 Å². The molecule has 1 saturated heterocycles. The van der Waals surface area contributed by atoms with Crippen molar-refractivity contribution in [2.24, 2.45) is 0 Å². The molecule has 0 aliphatic carbocycles. The van der Waals surface area contributed by atoms with E-state index in [1.54, 1.807) is 19.2 Å². The largest absolute Gasteiger partial charge is 0.496 e. The maximum atomic E-state index is 9.65. The molecule has 1 N–H and O–H groups in total. The van der Waals surface area contributed by atoms with E-state index >= 15 is 0 Å². The second-order valence-corrected chi connectivity index (χ2v) is 4.86. The third-order valence-electron chi connectivity index (χ3n) is 2.88. The fraction of sp³-hybridized carbons (Fsp3) is 0.500. The zero-order chi connectivity index (χ0) is 12.4. The van der Waals surface area contributed by atoms with Gasteiger partial charge in [-0.1, -0.05) is 23.2 Å². The molecule has 1 aliphatic rings. The Morgan fingerprint density at radius 2 is 2.06 bits per heavy atom. The predicted octanol–water partition coefficient (Wildman–Crippen LogP) is 3.21. The predicted molar refractivity (Wildman–Crippen MR) is 66.9 cm³/mol. The minimum Gasteiger partial charge on any atom is -0.496 e. The molecule has 0 radical (unpaired) electrons. The molecule has 94 valence electrons. The summed E-state index contributed by atoms with van der Waals surface area (Å²) in [6.07, 6.45) is 0.686. The molecule has 1 heterocycles. The molecular formula is C12H14Cl2O3. The van der Waals surface area contributed by atoms with E-state index in [9.17, 15) is 5.11 Å². The molecular weight excluding hydrogens is 263 g/mol. The zero-order valence-electron chi connectivity index (χ0n) is 9.45. The third kappa shape index (κ3) is 2.86. The van der Waals surface area contributed by atoms with Gasteiger partial charge < -0.3 is 14.6 Å². The van der Waals surface area contributed by atoms with Crippen molar-refractivity contribution < 1.29 is 14.6 Å². The first-order chi connectivity index (χ1) is 8.11. The quantitative estimate of drug-likeness (QED) is 0.902. The highest BCUT2D eigenvalue weighted by molar-refractivity contribution is 6.42. The number of methoxy groups -OCH3 is 1. The van der Waals surface area contributed by atoms with Crippen LogP contribution in [0.15, 0.2) is 12.1 Å². The van der Waals surface area contributed by atoms with Gasteiger partial charge in [-0.2, -0.15) is 0 Å². The standard InChI is InChI=1S/C12H14Cl2O3/c1-16-11-6-10(14)9(13)5-8(11)12-4-7(15)2-3-17-12/h5-7,12,15H,2-4H2,1H3. The molecule has 0 saturated carbocycles. The summed E-state index contributed by atoms with van der Waals surface area (Å²) in [5.41, 5.74) is 0.834. The Morgan fingerprint density at radius 3 is 2.71 bits per heavy atom. The van der Waals surface area contributed by atoms with Crippen LogP contribution in [0.25, 0.3) is 0 Å². The van der Waals surface area contributed by atoms with E-state index in [1.165, 1.54) is 0 Å². The summed E-state index contributed by atoms with van der Waals surface area (Å²) < 4.78 is 10.9. The molecule has 2 atom stereocenters. The van der Waals surface area contributed by atoms with Gasteiger partial charge in [-0.05, 0) is 12.5 Å². The van der Waals surface area contributed by atoms with E-state index in [0.717, 1.165) is 5.56 Å². The molecule has 0 spiro atoms. The second-order valence-electron chi connectivity index (χ2n) is 4.05. The Morgan fingerprint density at radius 1 is 1.35 bits per heavy atom. The van der Waals surface area contributed by atoms with E-state index < -0.39 is 0 Å². The van der Waals surface area contributed by atoms with Crippen molar-refractivity contribution in [1.82, 2.24) is 0 Å². The first kappa shape index (κ1) is 13.0. The Hall–Kier alpha value is -0.480. The molecule has 2 rings (SSSR count). The average molecular weight is 277 g/mol. The van der Waals surface area contributed by atoms with Gasteiger partial charge in [0.05, 0.1) is 29.4 Å². The topological polar surface area (TPSA) is 38.7 Å².